The van der Waals surface area contributed by atoms with Gasteiger partial charge in [-0.25, -0.2) is 9.59 Å². The van der Waals surface area contributed by atoms with Gasteiger partial charge in [0.2, 0.25) is 0 Å². The fourth-order valence-electron chi connectivity index (χ4n) is 3.99. The largest absolute Gasteiger partial charge is 0.465 e. The molecule has 32 heavy (non-hydrogen) atoms. The number of aromatic nitrogens is 1. The number of methoxy groups -OCH3 is 2. The van der Waals surface area contributed by atoms with Gasteiger partial charge in [0.15, 0.2) is 0 Å². The number of ether oxygens (including phenoxy) is 2. The van der Waals surface area contributed by atoms with Crippen molar-refractivity contribution in [2.24, 2.45) is 0 Å². The molecule has 0 spiro atoms. The maximum atomic E-state index is 13.1. The van der Waals surface area contributed by atoms with Gasteiger partial charge < -0.3 is 18.9 Å². The van der Waals surface area contributed by atoms with Gasteiger partial charge >= 0.3 is 11.9 Å². The lowest BCUT2D eigenvalue weighted by Crippen LogP contribution is -2.25. The summed E-state index contributed by atoms with van der Waals surface area (Å²) in [5, 5.41) is 0. The highest BCUT2D eigenvalue weighted by Crippen LogP contribution is 2.33. The number of carbonyl (C=O) groups is 3. The molecule has 166 valence electrons. The first-order chi connectivity index (χ1) is 15.3. The Morgan fingerprint density at radius 2 is 1.72 bits per heavy atom. The van der Waals surface area contributed by atoms with Crippen LogP contribution in [0.25, 0.3) is 11.8 Å². The third kappa shape index (κ3) is 3.77. The smallest absolute Gasteiger partial charge is 0.340 e. The number of amides is 1. The van der Waals surface area contributed by atoms with Crippen LogP contribution in [0.3, 0.4) is 0 Å². The molecule has 1 amide bonds. The summed E-state index contributed by atoms with van der Waals surface area (Å²) in [6, 6.07) is 9.05. The number of nitrogens with zero attached hydrogens (tertiary/aromatic N) is 2. The molecule has 7 heteroatoms. The van der Waals surface area contributed by atoms with Gasteiger partial charge in [0, 0.05) is 23.6 Å². The van der Waals surface area contributed by atoms with Crippen LogP contribution in [0.5, 0.6) is 0 Å². The van der Waals surface area contributed by atoms with Crippen LogP contribution in [-0.2, 0) is 19.1 Å². The predicted octanol–water partition coefficient (Wildman–Crippen LogP) is 3.74. The highest BCUT2D eigenvalue weighted by molar-refractivity contribution is 6.16. The minimum Gasteiger partial charge on any atom is -0.465 e. The molecule has 1 aliphatic rings. The zero-order valence-corrected chi connectivity index (χ0v) is 18.9. The molecule has 0 unspecified atom stereocenters. The second-order valence-electron chi connectivity index (χ2n) is 7.39. The molecule has 0 fully saturated rings. The van der Waals surface area contributed by atoms with Gasteiger partial charge in [-0.1, -0.05) is 18.2 Å². The summed E-state index contributed by atoms with van der Waals surface area (Å²) in [6.45, 7) is 9.49. The summed E-state index contributed by atoms with van der Waals surface area (Å²) in [5.74, 6) is -1.30. The van der Waals surface area contributed by atoms with Gasteiger partial charge in [0.25, 0.3) is 5.91 Å². The molecule has 0 atom stereocenters. The summed E-state index contributed by atoms with van der Waals surface area (Å²) in [5.41, 5.74) is 4.54. The Kier molecular flexibility index (Phi) is 6.48. The van der Waals surface area contributed by atoms with E-state index in [1.807, 2.05) is 36.6 Å². The molecule has 0 radical (unpaired) electrons. The van der Waals surface area contributed by atoms with Gasteiger partial charge in [-0.3, -0.25) is 4.79 Å². The summed E-state index contributed by atoms with van der Waals surface area (Å²) >= 11 is 0. The Hall–Kier alpha value is -3.87. The zero-order chi connectivity index (χ0) is 23.6. The molecule has 1 aliphatic heterocycles. The highest BCUT2D eigenvalue weighted by Gasteiger charge is 2.36. The number of hydrogen-bond donors (Lipinski definition) is 0. The van der Waals surface area contributed by atoms with E-state index >= 15 is 0 Å². The lowest BCUT2D eigenvalue weighted by atomic mass is 10.0. The summed E-state index contributed by atoms with van der Waals surface area (Å²) in [6.07, 6.45) is 3.30. The fourth-order valence-corrected chi connectivity index (χ4v) is 3.99. The van der Waals surface area contributed by atoms with Crippen LogP contribution < -0.4 is 0 Å². The maximum absolute atomic E-state index is 13.1. The minimum atomic E-state index is -0.571. The van der Waals surface area contributed by atoms with E-state index in [-0.39, 0.29) is 23.6 Å². The molecule has 3 rings (SSSR count). The lowest BCUT2D eigenvalue weighted by Gasteiger charge is -2.14. The van der Waals surface area contributed by atoms with E-state index in [1.165, 1.54) is 19.1 Å². The van der Waals surface area contributed by atoms with Crippen molar-refractivity contribution in [2.75, 3.05) is 20.8 Å². The number of esters is 2. The average molecular weight is 434 g/mol. The maximum Gasteiger partial charge on any atom is 0.340 e. The van der Waals surface area contributed by atoms with Crippen molar-refractivity contribution in [1.82, 2.24) is 9.47 Å². The second kappa shape index (κ2) is 9.09. The van der Waals surface area contributed by atoms with E-state index in [0.717, 1.165) is 17.0 Å². The number of hydrogen-bond acceptors (Lipinski definition) is 5. The first-order valence-electron chi connectivity index (χ1n) is 10.1. The van der Waals surface area contributed by atoms with Crippen molar-refractivity contribution in [2.45, 2.75) is 20.8 Å². The molecule has 0 saturated heterocycles. The Labute approximate surface area is 187 Å². The topological polar surface area (TPSA) is 77.8 Å². The van der Waals surface area contributed by atoms with Gasteiger partial charge in [0.05, 0.1) is 36.6 Å². The van der Waals surface area contributed by atoms with E-state index in [0.29, 0.717) is 16.9 Å². The number of aryl methyl sites for hydroxylation is 1. The van der Waals surface area contributed by atoms with E-state index in [9.17, 15) is 14.4 Å². The van der Waals surface area contributed by atoms with Crippen LogP contribution in [0.4, 0.5) is 0 Å². The summed E-state index contributed by atoms with van der Waals surface area (Å²) in [7, 11) is 2.63. The van der Waals surface area contributed by atoms with Crippen LogP contribution >= 0.6 is 0 Å². The number of para-hydroxylation sites is 1. The van der Waals surface area contributed by atoms with Crippen LogP contribution in [0, 0.1) is 13.8 Å². The molecule has 0 saturated carbocycles. The molecule has 7 nitrogen and oxygen atoms in total. The molecule has 0 N–H and O–H groups in total. The van der Waals surface area contributed by atoms with Crippen LogP contribution in [0.15, 0.2) is 59.8 Å². The standard InChI is InChI=1S/C25H26N2O5/c1-7-12-26-17(4)22(25(30)32-6)20(23(26)28)14-18-13-15(2)27(16(18)3)21-11-9-8-10-19(21)24(29)31-5/h7-11,13-14H,1,12H2,2-6H3. The summed E-state index contributed by atoms with van der Waals surface area (Å²) < 4.78 is 11.8. The third-order valence-corrected chi connectivity index (χ3v) is 5.53. The Morgan fingerprint density at radius 1 is 1.06 bits per heavy atom. The number of carbonyl (C=O) groups excluding carboxylic acids is 3. The SMILES string of the molecule is C=CCN1C(=O)C(=Cc2cc(C)n(-c3ccccc3C(=O)OC)c2C)C(C(=O)OC)=C1C. The van der Waals surface area contributed by atoms with Gasteiger partial charge in [-0.05, 0) is 50.6 Å². The first-order valence-corrected chi connectivity index (χ1v) is 10.1. The van der Waals surface area contributed by atoms with E-state index < -0.39 is 11.9 Å². The van der Waals surface area contributed by atoms with E-state index in [4.69, 9.17) is 9.47 Å². The van der Waals surface area contributed by atoms with Crippen molar-refractivity contribution >= 4 is 23.9 Å². The fraction of sp³-hybridized carbons (Fsp3) is 0.240. The molecule has 0 aliphatic carbocycles. The van der Waals surface area contributed by atoms with E-state index in [2.05, 4.69) is 6.58 Å². The summed E-state index contributed by atoms with van der Waals surface area (Å²) in [4.78, 5) is 39.3. The van der Waals surface area contributed by atoms with Gasteiger partial charge in [-0.2, -0.15) is 0 Å². The molecule has 0 bridgehead atoms. The quantitative estimate of drug-likeness (QED) is 0.393. The molecule has 2 heterocycles. The van der Waals surface area contributed by atoms with Gasteiger partial charge in [-0.15, -0.1) is 6.58 Å². The number of allylic oxidation sites excluding steroid dienone is 1. The predicted molar refractivity (Wildman–Crippen MR) is 121 cm³/mol. The zero-order valence-electron chi connectivity index (χ0n) is 18.9. The van der Waals surface area contributed by atoms with Crippen molar-refractivity contribution in [3.05, 3.63) is 82.3 Å². The Balaban J connectivity index is 2.18. The molecular weight excluding hydrogens is 408 g/mol. The second-order valence-corrected chi connectivity index (χ2v) is 7.39. The third-order valence-electron chi connectivity index (χ3n) is 5.53. The normalized spacial score (nSPS) is 14.8. The van der Waals surface area contributed by atoms with Crippen molar-refractivity contribution in [3.8, 4) is 5.69 Å². The van der Waals surface area contributed by atoms with Gasteiger partial charge in [0.1, 0.15) is 0 Å². The van der Waals surface area contributed by atoms with Crippen molar-refractivity contribution in [1.29, 1.82) is 0 Å². The van der Waals surface area contributed by atoms with Crippen LogP contribution in [0.1, 0.15) is 34.2 Å². The van der Waals surface area contributed by atoms with Crippen LogP contribution in [-0.4, -0.2) is 48.1 Å². The molecule has 1 aromatic carbocycles. The van der Waals surface area contributed by atoms with E-state index in [1.54, 1.807) is 31.2 Å². The first kappa shape index (κ1) is 22.8. The van der Waals surface area contributed by atoms with Crippen molar-refractivity contribution in [3.63, 3.8) is 0 Å². The van der Waals surface area contributed by atoms with Crippen LogP contribution in [0.2, 0.25) is 0 Å². The Bertz CT molecular complexity index is 1180. The highest BCUT2D eigenvalue weighted by atomic mass is 16.5. The monoisotopic (exact) mass is 434 g/mol. The molecular formula is C25H26N2O5. The lowest BCUT2D eigenvalue weighted by molar-refractivity contribution is -0.136. The minimum absolute atomic E-state index is 0.235. The number of rotatable bonds is 6. The molecule has 1 aromatic heterocycles. The molecule has 2 aromatic rings. The van der Waals surface area contributed by atoms with Crippen molar-refractivity contribution < 1.29 is 23.9 Å². The average Bonchev–Trinajstić information content (AvgIpc) is 3.20. The number of benzene rings is 1. The Morgan fingerprint density at radius 3 is 2.34 bits per heavy atom.